The van der Waals surface area contributed by atoms with Gasteiger partial charge in [0.1, 0.15) is 0 Å². The third-order valence-corrected chi connectivity index (χ3v) is 5.07. The van der Waals surface area contributed by atoms with Crippen LogP contribution in [0, 0.1) is 0 Å². The molecule has 0 aromatic rings. The van der Waals surface area contributed by atoms with Gasteiger partial charge in [-0.05, 0) is 19.4 Å². The zero-order valence-electron chi connectivity index (χ0n) is 17.9. The summed E-state index contributed by atoms with van der Waals surface area (Å²) in [6, 6.07) is 0. The van der Waals surface area contributed by atoms with E-state index in [9.17, 15) is 0 Å². The van der Waals surface area contributed by atoms with Crippen LogP contribution in [0.3, 0.4) is 0 Å². The molecule has 0 aliphatic heterocycles. The number of hydrogen-bond acceptors (Lipinski definition) is 3. The fraction of sp³-hybridized carbons (Fsp3) is 1.00. The van der Waals surface area contributed by atoms with E-state index >= 15 is 0 Å². The quantitative estimate of drug-likeness (QED) is 0.209. The molecule has 2 N–H and O–H groups in total. The van der Waals surface area contributed by atoms with Crippen LogP contribution >= 0.6 is 0 Å². The minimum Gasteiger partial charge on any atom is -0.395 e. The number of ether oxygens (including phenoxy) is 1. The lowest BCUT2D eigenvalue weighted by atomic mass is 10.0. The molecule has 0 rings (SSSR count). The predicted molar refractivity (Wildman–Crippen MR) is 115 cm³/mol. The molecule has 0 spiro atoms. The van der Waals surface area contributed by atoms with Crippen LogP contribution in [-0.4, -0.2) is 38.0 Å². The van der Waals surface area contributed by atoms with E-state index < -0.39 is 0 Å². The van der Waals surface area contributed by atoms with Gasteiger partial charge in [-0.1, -0.05) is 103 Å². The van der Waals surface area contributed by atoms with Gasteiger partial charge in [0, 0.05) is 19.8 Å². The van der Waals surface area contributed by atoms with Gasteiger partial charge in [0.25, 0.3) is 0 Å². The number of rotatable bonds is 23. The fourth-order valence-electron chi connectivity index (χ4n) is 3.36. The van der Waals surface area contributed by atoms with Crippen molar-refractivity contribution in [2.45, 2.75) is 116 Å². The Kier molecular flexibility index (Phi) is 24.8. The average molecular weight is 372 g/mol. The Labute approximate surface area is 164 Å². The van der Waals surface area contributed by atoms with E-state index in [1.54, 1.807) is 0 Å². The van der Waals surface area contributed by atoms with E-state index in [1.807, 2.05) is 0 Å². The highest BCUT2D eigenvalue weighted by molar-refractivity contribution is 4.50. The van der Waals surface area contributed by atoms with Gasteiger partial charge in [0.15, 0.2) is 0 Å². The number of unbranched alkanes of at least 4 members (excludes halogenated alkanes) is 15. The minimum absolute atomic E-state index is 0.222. The zero-order chi connectivity index (χ0) is 19.0. The summed E-state index contributed by atoms with van der Waals surface area (Å²) in [7, 11) is 0. The maximum absolute atomic E-state index is 8.64. The van der Waals surface area contributed by atoms with Crippen LogP contribution in [0.1, 0.15) is 116 Å². The van der Waals surface area contributed by atoms with Gasteiger partial charge >= 0.3 is 0 Å². The van der Waals surface area contributed by atoms with Crippen molar-refractivity contribution in [3.05, 3.63) is 0 Å². The normalized spacial score (nSPS) is 11.3. The lowest BCUT2D eigenvalue weighted by Gasteiger charge is -2.05. The van der Waals surface area contributed by atoms with Crippen molar-refractivity contribution in [2.24, 2.45) is 0 Å². The molecule has 0 unspecified atom stereocenters. The molecule has 3 heteroatoms. The molecule has 0 aromatic carbocycles. The summed E-state index contributed by atoms with van der Waals surface area (Å²) in [5, 5.41) is 11.8. The van der Waals surface area contributed by atoms with Gasteiger partial charge in [0.05, 0.1) is 6.61 Å². The van der Waals surface area contributed by atoms with Crippen molar-refractivity contribution < 1.29 is 9.84 Å². The summed E-state index contributed by atoms with van der Waals surface area (Å²) >= 11 is 0. The van der Waals surface area contributed by atoms with Crippen LogP contribution in [-0.2, 0) is 4.74 Å². The molecule has 0 amide bonds. The number of nitrogens with one attached hydrogen (secondary N) is 1. The SMILES string of the molecule is CCCCCCCCCCCCCCCCCCOCCCNCCO. The van der Waals surface area contributed by atoms with E-state index in [2.05, 4.69) is 12.2 Å². The first-order chi connectivity index (χ1) is 12.9. The monoisotopic (exact) mass is 371 g/mol. The molecular weight excluding hydrogens is 322 g/mol. The molecule has 0 radical (unpaired) electrons. The lowest BCUT2D eigenvalue weighted by molar-refractivity contribution is 0.127. The van der Waals surface area contributed by atoms with E-state index in [4.69, 9.17) is 9.84 Å². The largest absolute Gasteiger partial charge is 0.395 e. The summed E-state index contributed by atoms with van der Waals surface area (Å²) in [6.07, 6.45) is 23.7. The smallest absolute Gasteiger partial charge is 0.0555 e. The van der Waals surface area contributed by atoms with Gasteiger partial charge in [-0.3, -0.25) is 0 Å². The lowest BCUT2D eigenvalue weighted by Crippen LogP contribution is -2.20. The first-order valence-corrected chi connectivity index (χ1v) is 11.8. The molecule has 0 bridgehead atoms. The van der Waals surface area contributed by atoms with Crippen LogP contribution in [0.25, 0.3) is 0 Å². The summed E-state index contributed by atoms with van der Waals surface area (Å²) < 4.78 is 5.63. The molecular formula is C23H49NO2. The Morgan fingerprint density at radius 2 is 0.962 bits per heavy atom. The number of hydrogen-bond donors (Lipinski definition) is 2. The van der Waals surface area contributed by atoms with Crippen molar-refractivity contribution in [1.29, 1.82) is 0 Å². The summed E-state index contributed by atoms with van der Waals surface area (Å²) in [6.45, 7) is 5.91. The first kappa shape index (κ1) is 25.9. The number of aliphatic hydroxyl groups excluding tert-OH is 1. The third kappa shape index (κ3) is 23.9. The van der Waals surface area contributed by atoms with Crippen molar-refractivity contribution in [2.75, 3.05) is 32.9 Å². The number of aliphatic hydroxyl groups is 1. The Morgan fingerprint density at radius 1 is 0.538 bits per heavy atom. The molecule has 26 heavy (non-hydrogen) atoms. The summed E-state index contributed by atoms with van der Waals surface area (Å²) in [5.41, 5.74) is 0. The van der Waals surface area contributed by atoms with E-state index in [-0.39, 0.29) is 6.61 Å². The van der Waals surface area contributed by atoms with Crippen LogP contribution in [0.2, 0.25) is 0 Å². The zero-order valence-corrected chi connectivity index (χ0v) is 17.9. The highest BCUT2D eigenvalue weighted by Crippen LogP contribution is 2.13. The van der Waals surface area contributed by atoms with Crippen LogP contribution in [0.5, 0.6) is 0 Å². The van der Waals surface area contributed by atoms with E-state index in [1.165, 1.54) is 103 Å². The summed E-state index contributed by atoms with van der Waals surface area (Å²) in [4.78, 5) is 0. The molecule has 0 atom stereocenters. The van der Waals surface area contributed by atoms with Crippen LogP contribution in [0.4, 0.5) is 0 Å². The van der Waals surface area contributed by atoms with E-state index in [0.717, 1.165) is 26.2 Å². The molecule has 158 valence electrons. The van der Waals surface area contributed by atoms with Crippen molar-refractivity contribution >= 4 is 0 Å². The topological polar surface area (TPSA) is 41.5 Å². The Balaban J connectivity index is 2.95. The molecule has 0 heterocycles. The van der Waals surface area contributed by atoms with Crippen LogP contribution < -0.4 is 5.32 Å². The first-order valence-electron chi connectivity index (χ1n) is 11.8. The van der Waals surface area contributed by atoms with Crippen molar-refractivity contribution in [1.82, 2.24) is 5.32 Å². The van der Waals surface area contributed by atoms with Crippen molar-refractivity contribution in [3.8, 4) is 0 Å². The van der Waals surface area contributed by atoms with Gasteiger partial charge in [-0.2, -0.15) is 0 Å². The molecule has 0 aliphatic carbocycles. The Bertz CT molecular complexity index is 212. The molecule has 0 aliphatic rings. The van der Waals surface area contributed by atoms with Gasteiger partial charge in [-0.15, -0.1) is 0 Å². The second kappa shape index (κ2) is 24.9. The van der Waals surface area contributed by atoms with E-state index in [0.29, 0.717) is 6.54 Å². The molecule has 0 saturated carbocycles. The van der Waals surface area contributed by atoms with Gasteiger partial charge in [-0.25, -0.2) is 0 Å². The molecule has 3 nitrogen and oxygen atoms in total. The Morgan fingerprint density at radius 3 is 1.42 bits per heavy atom. The predicted octanol–water partition coefficient (Wildman–Crippen LogP) is 6.24. The highest BCUT2D eigenvalue weighted by atomic mass is 16.5. The fourth-order valence-corrected chi connectivity index (χ4v) is 3.36. The molecule has 0 fully saturated rings. The summed E-state index contributed by atoms with van der Waals surface area (Å²) in [5.74, 6) is 0. The van der Waals surface area contributed by atoms with Crippen molar-refractivity contribution in [3.63, 3.8) is 0 Å². The van der Waals surface area contributed by atoms with Crippen LogP contribution in [0.15, 0.2) is 0 Å². The average Bonchev–Trinajstić information content (AvgIpc) is 2.66. The second-order valence-corrected chi connectivity index (χ2v) is 7.74. The second-order valence-electron chi connectivity index (χ2n) is 7.74. The highest BCUT2D eigenvalue weighted by Gasteiger charge is 1.95. The maximum Gasteiger partial charge on any atom is 0.0555 e. The standard InChI is InChI=1S/C23H49NO2/c1-2-3-4-5-6-7-8-9-10-11-12-13-14-15-16-17-22-26-23-18-19-24-20-21-25/h24-25H,2-23H2,1H3. The maximum atomic E-state index is 8.64. The molecule has 0 aromatic heterocycles. The third-order valence-electron chi connectivity index (χ3n) is 5.07. The van der Waals surface area contributed by atoms with Gasteiger partial charge < -0.3 is 15.2 Å². The molecule has 0 saturated heterocycles. The Hall–Kier alpha value is -0.120. The van der Waals surface area contributed by atoms with Gasteiger partial charge in [0.2, 0.25) is 0 Å². The minimum atomic E-state index is 0.222.